The molecule has 0 radical (unpaired) electrons. The second-order valence-electron chi connectivity index (χ2n) is 5.89. The Kier molecular flexibility index (Phi) is 6.11. The molecule has 1 amide bonds. The highest BCUT2D eigenvalue weighted by atomic mass is 16.5. The predicted molar refractivity (Wildman–Crippen MR) is 73.8 cm³/mol. The summed E-state index contributed by atoms with van der Waals surface area (Å²) in [5, 5.41) is 9.29. The summed E-state index contributed by atoms with van der Waals surface area (Å²) in [5.41, 5.74) is 0. The minimum absolute atomic E-state index is 0.00910. The molecule has 4 nitrogen and oxygen atoms in total. The van der Waals surface area contributed by atoms with E-state index in [0.29, 0.717) is 26.2 Å². The van der Waals surface area contributed by atoms with Crippen molar-refractivity contribution in [3.05, 3.63) is 0 Å². The van der Waals surface area contributed by atoms with E-state index in [4.69, 9.17) is 4.74 Å². The molecule has 1 heterocycles. The number of carbonyl (C=O) groups excluding carboxylic acids is 1. The zero-order valence-corrected chi connectivity index (χ0v) is 11.9. The molecule has 1 aliphatic heterocycles. The van der Waals surface area contributed by atoms with Crippen LogP contribution in [0.15, 0.2) is 0 Å². The minimum atomic E-state index is -0.129. The van der Waals surface area contributed by atoms with Gasteiger partial charge in [0.1, 0.15) is 0 Å². The van der Waals surface area contributed by atoms with E-state index in [2.05, 4.69) is 0 Å². The number of nitrogens with zero attached hydrogens (tertiary/aromatic N) is 1. The van der Waals surface area contributed by atoms with Crippen LogP contribution in [0.25, 0.3) is 0 Å². The Morgan fingerprint density at radius 2 is 1.95 bits per heavy atom. The fraction of sp³-hybridized carbons (Fsp3) is 0.933. The van der Waals surface area contributed by atoms with Crippen LogP contribution in [0.1, 0.15) is 51.4 Å². The summed E-state index contributed by atoms with van der Waals surface area (Å²) < 4.78 is 5.31. The largest absolute Gasteiger partial charge is 0.394 e. The quantitative estimate of drug-likeness (QED) is 0.794. The molecule has 1 saturated carbocycles. The molecule has 0 bridgehead atoms. The van der Waals surface area contributed by atoms with E-state index in [0.717, 1.165) is 12.3 Å². The Bertz CT molecular complexity index is 275. The van der Waals surface area contributed by atoms with Crippen LogP contribution < -0.4 is 0 Å². The first-order chi connectivity index (χ1) is 9.31. The summed E-state index contributed by atoms with van der Waals surface area (Å²) in [4.78, 5) is 14.1. The highest BCUT2D eigenvalue weighted by molar-refractivity contribution is 5.76. The minimum Gasteiger partial charge on any atom is -0.394 e. The number of aliphatic hydroxyl groups excluding tert-OH is 1. The van der Waals surface area contributed by atoms with Crippen molar-refractivity contribution in [1.29, 1.82) is 0 Å². The molecule has 0 aromatic heterocycles. The van der Waals surface area contributed by atoms with E-state index in [9.17, 15) is 9.90 Å². The first kappa shape index (κ1) is 14.8. The number of hydrogen-bond acceptors (Lipinski definition) is 3. The number of carbonyl (C=O) groups is 1. The predicted octanol–water partition coefficient (Wildman–Crippen LogP) is 1.96. The zero-order chi connectivity index (χ0) is 13.5. The SMILES string of the molecule is O=C(CCC1CCCCCC1)N1CCOC[C@H]1CO. The number of morpholine rings is 1. The Hall–Kier alpha value is -0.610. The van der Waals surface area contributed by atoms with Crippen LogP contribution in [-0.2, 0) is 9.53 Å². The van der Waals surface area contributed by atoms with Gasteiger partial charge in [0.2, 0.25) is 5.91 Å². The molecule has 0 aromatic rings. The van der Waals surface area contributed by atoms with Crippen molar-refractivity contribution in [3.63, 3.8) is 0 Å². The Morgan fingerprint density at radius 3 is 2.63 bits per heavy atom. The number of aliphatic hydroxyl groups is 1. The summed E-state index contributed by atoms with van der Waals surface area (Å²) in [7, 11) is 0. The van der Waals surface area contributed by atoms with Crippen molar-refractivity contribution in [2.45, 2.75) is 57.4 Å². The second kappa shape index (κ2) is 7.85. The van der Waals surface area contributed by atoms with Gasteiger partial charge in [0, 0.05) is 13.0 Å². The molecular weight excluding hydrogens is 242 g/mol. The topological polar surface area (TPSA) is 49.8 Å². The summed E-state index contributed by atoms with van der Waals surface area (Å²) >= 11 is 0. The van der Waals surface area contributed by atoms with Crippen LogP contribution in [0.2, 0.25) is 0 Å². The van der Waals surface area contributed by atoms with Crippen molar-refractivity contribution in [3.8, 4) is 0 Å². The molecule has 2 fully saturated rings. The lowest BCUT2D eigenvalue weighted by Gasteiger charge is -2.34. The third-order valence-corrected chi connectivity index (χ3v) is 4.50. The average Bonchev–Trinajstić information content (AvgIpc) is 2.73. The monoisotopic (exact) mass is 269 g/mol. The number of hydrogen-bond donors (Lipinski definition) is 1. The maximum absolute atomic E-state index is 12.3. The van der Waals surface area contributed by atoms with E-state index in [1.165, 1.54) is 38.5 Å². The molecule has 0 unspecified atom stereocenters. The third-order valence-electron chi connectivity index (χ3n) is 4.50. The van der Waals surface area contributed by atoms with Gasteiger partial charge in [0.05, 0.1) is 25.9 Å². The molecule has 1 N–H and O–H groups in total. The normalized spacial score (nSPS) is 26.2. The third kappa shape index (κ3) is 4.46. The number of rotatable bonds is 4. The lowest BCUT2D eigenvalue weighted by Crippen LogP contribution is -2.50. The van der Waals surface area contributed by atoms with Crippen LogP contribution in [0.4, 0.5) is 0 Å². The maximum Gasteiger partial charge on any atom is 0.223 e. The lowest BCUT2D eigenvalue weighted by atomic mass is 9.94. The summed E-state index contributed by atoms with van der Waals surface area (Å²) in [5.74, 6) is 0.937. The molecule has 2 rings (SSSR count). The lowest BCUT2D eigenvalue weighted by molar-refractivity contribution is -0.141. The molecule has 1 atom stereocenters. The van der Waals surface area contributed by atoms with Gasteiger partial charge in [-0.15, -0.1) is 0 Å². The summed E-state index contributed by atoms with van der Waals surface area (Å²) in [6, 6.07) is -0.129. The van der Waals surface area contributed by atoms with Crippen molar-refractivity contribution in [2.24, 2.45) is 5.92 Å². The maximum atomic E-state index is 12.3. The highest BCUT2D eigenvalue weighted by Gasteiger charge is 2.26. The van der Waals surface area contributed by atoms with Gasteiger partial charge < -0.3 is 14.7 Å². The van der Waals surface area contributed by atoms with Crippen LogP contribution >= 0.6 is 0 Å². The fourth-order valence-corrected chi connectivity index (χ4v) is 3.26. The Labute approximate surface area is 116 Å². The van der Waals surface area contributed by atoms with Crippen molar-refractivity contribution in [2.75, 3.05) is 26.4 Å². The molecular formula is C15H27NO3. The van der Waals surface area contributed by atoms with E-state index < -0.39 is 0 Å². The molecule has 0 spiro atoms. The van der Waals surface area contributed by atoms with Gasteiger partial charge in [0.25, 0.3) is 0 Å². The molecule has 4 heteroatoms. The van der Waals surface area contributed by atoms with Gasteiger partial charge in [-0.05, 0) is 12.3 Å². The Balaban J connectivity index is 1.76. The van der Waals surface area contributed by atoms with Crippen molar-refractivity contribution >= 4 is 5.91 Å². The van der Waals surface area contributed by atoms with Gasteiger partial charge in [-0.1, -0.05) is 38.5 Å². The van der Waals surface area contributed by atoms with Gasteiger partial charge in [0.15, 0.2) is 0 Å². The van der Waals surface area contributed by atoms with Gasteiger partial charge in [-0.3, -0.25) is 4.79 Å². The molecule has 0 aromatic carbocycles. The zero-order valence-electron chi connectivity index (χ0n) is 11.9. The summed E-state index contributed by atoms with van der Waals surface area (Å²) in [6.45, 7) is 1.72. The molecule has 110 valence electrons. The number of ether oxygens (including phenoxy) is 1. The first-order valence-corrected chi connectivity index (χ1v) is 7.79. The number of amides is 1. The van der Waals surface area contributed by atoms with Gasteiger partial charge in [-0.25, -0.2) is 0 Å². The molecule has 2 aliphatic rings. The molecule has 19 heavy (non-hydrogen) atoms. The van der Waals surface area contributed by atoms with Gasteiger partial charge >= 0.3 is 0 Å². The standard InChI is InChI=1S/C15H27NO3/c17-11-14-12-19-10-9-16(14)15(18)8-7-13-5-3-1-2-4-6-13/h13-14,17H,1-12H2/t14-/m1/s1. The van der Waals surface area contributed by atoms with E-state index in [1.54, 1.807) is 0 Å². The van der Waals surface area contributed by atoms with Crippen LogP contribution in [-0.4, -0.2) is 48.3 Å². The van der Waals surface area contributed by atoms with Crippen molar-refractivity contribution in [1.82, 2.24) is 4.90 Å². The summed E-state index contributed by atoms with van der Waals surface area (Å²) in [6.07, 6.45) is 9.63. The van der Waals surface area contributed by atoms with E-state index >= 15 is 0 Å². The first-order valence-electron chi connectivity index (χ1n) is 7.79. The van der Waals surface area contributed by atoms with E-state index in [1.807, 2.05) is 4.90 Å². The fourth-order valence-electron chi connectivity index (χ4n) is 3.26. The van der Waals surface area contributed by atoms with Crippen molar-refractivity contribution < 1.29 is 14.6 Å². The molecule has 1 saturated heterocycles. The Morgan fingerprint density at radius 1 is 1.21 bits per heavy atom. The van der Waals surface area contributed by atoms with Crippen LogP contribution in [0.3, 0.4) is 0 Å². The molecule has 1 aliphatic carbocycles. The van der Waals surface area contributed by atoms with E-state index in [-0.39, 0.29) is 18.6 Å². The van der Waals surface area contributed by atoms with Crippen LogP contribution in [0, 0.1) is 5.92 Å². The highest BCUT2D eigenvalue weighted by Crippen LogP contribution is 2.26. The van der Waals surface area contributed by atoms with Gasteiger partial charge in [-0.2, -0.15) is 0 Å². The smallest absolute Gasteiger partial charge is 0.223 e. The average molecular weight is 269 g/mol. The second-order valence-corrected chi connectivity index (χ2v) is 5.89. The van der Waals surface area contributed by atoms with Crippen LogP contribution in [0.5, 0.6) is 0 Å².